The van der Waals surface area contributed by atoms with Gasteiger partial charge in [0.15, 0.2) is 0 Å². The normalized spacial score (nSPS) is 13.9. The maximum Gasteiger partial charge on any atom is 0.254 e. The lowest BCUT2D eigenvalue weighted by Gasteiger charge is -2.34. The van der Waals surface area contributed by atoms with E-state index >= 15 is 0 Å². The number of hydrogen-bond acceptors (Lipinski definition) is 3. The molecule has 2 aromatic carbocycles. The van der Waals surface area contributed by atoms with Gasteiger partial charge >= 0.3 is 0 Å². The third-order valence-corrected chi connectivity index (χ3v) is 6.08. The summed E-state index contributed by atoms with van der Waals surface area (Å²) < 4.78 is 20.3. The van der Waals surface area contributed by atoms with Crippen molar-refractivity contribution >= 4 is 0 Å². The monoisotopic (exact) mass is 420 g/mol. The summed E-state index contributed by atoms with van der Waals surface area (Å²) in [7, 11) is 2.21. The molecule has 0 bridgehead atoms. The van der Waals surface area contributed by atoms with Gasteiger partial charge in [0.25, 0.3) is 5.56 Å². The summed E-state index contributed by atoms with van der Waals surface area (Å²) in [6, 6.07) is 18.9. The minimum absolute atomic E-state index is 0.0876. The van der Waals surface area contributed by atoms with Crippen LogP contribution in [-0.2, 0) is 26.1 Å². The van der Waals surface area contributed by atoms with Crippen molar-refractivity contribution < 1.29 is 9.13 Å². The predicted octanol–water partition coefficient (Wildman–Crippen LogP) is 4.79. The smallest absolute Gasteiger partial charge is 0.254 e. The van der Waals surface area contributed by atoms with Gasteiger partial charge in [-0.15, -0.1) is 0 Å². The number of ether oxygens (including phenoxy) is 1. The van der Waals surface area contributed by atoms with Crippen molar-refractivity contribution in [3.8, 4) is 5.75 Å². The van der Waals surface area contributed by atoms with Crippen molar-refractivity contribution in [3.63, 3.8) is 0 Å². The second-order valence-electron chi connectivity index (χ2n) is 8.38. The largest absolute Gasteiger partial charge is 0.489 e. The van der Waals surface area contributed by atoms with Crippen LogP contribution in [-0.4, -0.2) is 22.6 Å². The highest BCUT2D eigenvalue weighted by Gasteiger charge is 2.21. The van der Waals surface area contributed by atoms with Gasteiger partial charge in [-0.25, -0.2) is 4.39 Å². The van der Waals surface area contributed by atoms with E-state index in [1.54, 1.807) is 29.0 Å². The molecule has 4 nitrogen and oxygen atoms in total. The molecule has 0 atom stereocenters. The quantitative estimate of drug-likeness (QED) is 0.499. The van der Waals surface area contributed by atoms with Crippen LogP contribution in [0.3, 0.4) is 0 Å². The maximum atomic E-state index is 13.0. The molecule has 1 aliphatic rings. The van der Waals surface area contributed by atoms with Crippen molar-refractivity contribution in [2.24, 2.45) is 0 Å². The highest BCUT2D eigenvalue weighted by Crippen LogP contribution is 2.24. The molecule has 0 N–H and O–H groups in total. The molecule has 0 unspecified atom stereocenters. The average molecular weight is 421 g/mol. The zero-order valence-electron chi connectivity index (χ0n) is 18.0. The minimum atomic E-state index is -0.276. The Hall–Kier alpha value is -2.92. The standard InChI is InChI=1S/C26H29FN2O2/c1-28(24-3-2-4-24)18-21-7-5-20(6-8-21)13-15-29-16-14-25(17-26(29)30)31-19-22-9-11-23(27)12-10-22/h5-12,14,16-17,24H,2-4,13,15,18-19H2,1H3. The molecular weight excluding hydrogens is 391 g/mol. The van der Waals surface area contributed by atoms with Crippen LogP contribution >= 0.6 is 0 Å². The van der Waals surface area contributed by atoms with Gasteiger partial charge < -0.3 is 9.30 Å². The van der Waals surface area contributed by atoms with Crippen molar-refractivity contribution in [3.05, 3.63) is 99.7 Å². The second kappa shape index (κ2) is 9.92. The molecule has 3 aromatic rings. The van der Waals surface area contributed by atoms with Crippen LogP contribution in [0.2, 0.25) is 0 Å². The molecule has 1 saturated carbocycles. The van der Waals surface area contributed by atoms with Crippen LogP contribution in [0.1, 0.15) is 36.0 Å². The van der Waals surface area contributed by atoms with E-state index in [1.165, 1.54) is 48.6 Å². The summed E-state index contributed by atoms with van der Waals surface area (Å²) in [6.07, 6.45) is 6.56. The highest BCUT2D eigenvalue weighted by molar-refractivity contribution is 5.23. The number of halogens is 1. The van der Waals surface area contributed by atoms with E-state index in [-0.39, 0.29) is 11.4 Å². The van der Waals surface area contributed by atoms with Crippen molar-refractivity contribution in [2.75, 3.05) is 7.05 Å². The van der Waals surface area contributed by atoms with Gasteiger partial charge in [0.05, 0.1) is 0 Å². The Morgan fingerprint density at radius 2 is 1.68 bits per heavy atom. The van der Waals surface area contributed by atoms with Crippen LogP contribution in [0, 0.1) is 5.82 Å². The summed E-state index contributed by atoms with van der Waals surface area (Å²) >= 11 is 0. The van der Waals surface area contributed by atoms with Gasteiger partial charge in [-0.2, -0.15) is 0 Å². The number of pyridine rings is 1. The predicted molar refractivity (Wildman–Crippen MR) is 121 cm³/mol. The molecule has 31 heavy (non-hydrogen) atoms. The van der Waals surface area contributed by atoms with Gasteiger partial charge in [0.1, 0.15) is 18.2 Å². The molecule has 1 fully saturated rings. The molecule has 0 spiro atoms. The number of aryl methyl sites for hydroxylation is 2. The lowest BCUT2D eigenvalue weighted by atomic mass is 9.91. The molecule has 1 aliphatic carbocycles. The fourth-order valence-electron chi connectivity index (χ4n) is 3.82. The first-order valence-electron chi connectivity index (χ1n) is 10.9. The third kappa shape index (κ3) is 5.82. The van der Waals surface area contributed by atoms with E-state index in [0.717, 1.165) is 24.6 Å². The number of aromatic nitrogens is 1. The molecule has 4 rings (SSSR count). The van der Waals surface area contributed by atoms with Crippen LogP contribution in [0.5, 0.6) is 5.75 Å². The molecule has 1 heterocycles. The first-order valence-corrected chi connectivity index (χ1v) is 10.9. The molecule has 162 valence electrons. The molecule has 5 heteroatoms. The lowest BCUT2D eigenvalue weighted by Crippen LogP contribution is -2.36. The molecule has 0 saturated heterocycles. The molecule has 0 aliphatic heterocycles. The number of hydrogen-bond donors (Lipinski definition) is 0. The van der Waals surface area contributed by atoms with Gasteiger partial charge in [-0.3, -0.25) is 9.69 Å². The van der Waals surface area contributed by atoms with Crippen LogP contribution in [0.25, 0.3) is 0 Å². The second-order valence-corrected chi connectivity index (χ2v) is 8.38. The van der Waals surface area contributed by atoms with E-state index in [2.05, 4.69) is 36.2 Å². The van der Waals surface area contributed by atoms with E-state index in [4.69, 9.17) is 4.74 Å². The van der Waals surface area contributed by atoms with Crippen LogP contribution in [0.4, 0.5) is 4.39 Å². The van der Waals surface area contributed by atoms with Gasteiger partial charge in [0, 0.05) is 31.4 Å². The summed E-state index contributed by atoms with van der Waals surface area (Å²) in [5.41, 5.74) is 3.32. The Bertz CT molecular complexity index is 1040. The Balaban J connectivity index is 1.28. The Labute approximate surface area is 182 Å². The van der Waals surface area contributed by atoms with Gasteiger partial charge in [-0.05, 0) is 61.2 Å². The van der Waals surface area contributed by atoms with Gasteiger partial charge in [-0.1, -0.05) is 42.8 Å². The fourth-order valence-corrected chi connectivity index (χ4v) is 3.82. The van der Waals surface area contributed by atoms with E-state index in [0.29, 0.717) is 18.9 Å². The number of nitrogens with zero attached hydrogens (tertiary/aromatic N) is 2. The lowest BCUT2D eigenvalue weighted by molar-refractivity contribution is 0.152. The summed E-state index contributed by atoms with van der Waals surface area (Å²) in [6.45, 7) is 1.91. The fraction of sp³-hybridized carbons (Fsp3) is 0.346. The zero-order chi connectivity index (χ0) is 21.6. The van der Waals surface area contributed by atoms with Crippen LogP contribution in [0.15, 0.2) is 71.7 Å². The Morgan fingerprint density at radius 1 is 1.00 bits per heavy atom. The Morgan fingerprint density at radius 3 is 2.32 bits per heavy atom. The minimum Gasteiger partial charge on any atom is -0.489 e. The highest BCUT2D eigenvalue weighted by atomic mass is 19.1. The van der Waals surface area contributed by atoms with Crippen molar-refractivity contribution in [1.29, 1.82) is 0 Å². The van der Waals surface area contributed by atoms with Crippen LogP contribution < -0.4 is 10.3 Å². The number of rotatable bonds is 9. The molecule has 0 amide bonds. The summed E-state index contributed by atoms with van der Waals surface area (Å²) in [5, 5.41) is 0. The summed E-state index contributed by atoms with van der Waals surface area (Å²) in [4.78, 5) is 14.9. The van der Waals surface area contributed by atoms with E-state index in [1.807, 2.05) is 0 Å². The Kier molecular flexibility index (Phi) is 6.82. The van der Waals surface area contributed by atoms with Crippen molar-refractivity contribution in [1.82, 2.24) is 9.47 Å². The molecular formula is C26H29FN2O2. The van der Waals surface area contributed by atoms with E-state index in [9.17, 15) is 9.18 Å². The average Bonchev–Trinajstić information content (AvgIpc) is 2.72. The van der Waals surface area contributed by atoms with Crippen molar-refractivity contribution in [2.45, 2.75) is 51.4 Å². The number of benzene rings is 2. The maximum absolute atomic E-state index is 13.0. The topological polar surface area (TPSA) is 34.5 Å². The summed E-state index contributed by atoms with van der Waals surface area (Å²) in [5.74, 6) is 0.243. The first-order chi connectivity index (χ1) is 15.1. The first kappa shape index (κ1) is 21.3. The zero-order valence-corrected chi connectivity index (χ0v) is 18.0. The molecule has 1 aromatic heterocycles. The van der Waals surface area contributed by atoms with Gasteiger partial charge in [0.2, 0.25) is 0 Å². The molecule has 0 radical (unpaired) electrons. The SMILES string of the molecule is CN(Cc1ccc(CCn2ccc(OCc3ccc(F)cc3)cc2=O)cc1)C1CCC1. The third-order valence-electron chi connectivity index (χ3n) is 6.08. The van der Waals surface area contributed by atoms with E-state index < -0.39 is 0 Å².